The smallest absolute Gasteiger partial charge is 0.355 e. The van der Waals surface area contributed by atoms with Crippen molar-refractivity contribution in [2.24, 2.45) is 5.92 Å². The second kappa shape index (κ2) is 10.4. The molecule has 0 radical (unpaired) electrons. The van der Waals surface area contributed by atoms with Gasteiger partial charge in [0.1, 0.15) is 17.4 Å². The van der Waals surface area contributed by atoms with Crippen molar-refractivity contribution in [3.8, 4) is 6.07 Å². The Labute approximate surface area is 217 Å². The number of carbonyl (C=O) groups excluding carboxylic acids is 2. The molecule has 1 aromatic heterocycles. The summed E-state index contributed by atoms with van der Waals surface area (Å²) in [6.45, 7) is 5.61. The monoisotopic (exact) mass is 535 g/mol. The third-order valence-corrected chi connectivity index (χ3v) is 6.41. The van der Waals surface area contributed by atoms with E-state index in [1.807, 2.05) is 20.8 Å². The second-order valence-corrected chi connectivity index (χ2v) is 9.45. The van der Waals surface area contributed by atoms with Gasteiger partial charge in [-0.3, -0.25) is 14.5 Å². The van der Waals surface area contributed by atoms with Crippen LogP contribution < -0.4 is 15.1 Å². The molecule has 1 aliphatic heterocycles. The van der Waals surface area contributed by atoms with Crippen LogP contribution in [0.1, 0.15) is 61.6 Å². The highest BCUT2D eigenvalue weighted by atomic mass is 32.1. The van der Waals surface area contributed by atoms with E-state index in [1.54, 1.807) is 0 Å². The van der Waals surface area contributed by atoms with Crippen LogP contribution in [0.2, 0.25) is 0 Å². The highest BCUT2D eigenvalue weighted by Gasteiger charge is 2.56. The standard InChI is InChI=1S/C25H25F4N5O2S/c1-5-8-24(11-14(2)3)22(36)33(16-9-18(25(27,28)29)20(12-30)32-13-16)23(37)34(24)15-6-7-17(19(26)10-15)21(35)31-4/h6-7,9-10,13-14H,5,8,11H2,1-4H3,(H,31,35). The molecule has 196 valence electrons. The topological polar surface area (TPSA) is 89.3 Å². The minimum Gasteiger partial charge on any atom is -0.355 e. The molecule has 1 aliphatic rings. The van der Waals surface area contributed by atoms with E-state index >= 15 is 0 Å². The van der Waals surface area contributed by atoms with Gasteiger partial charge in [-0.2, -0.15) is 18.4 Å². The van der Waals surface area contributed by atoms with Crippen molar-refractivity contribution in [1.29, 1.82) is 5.26 Å². The quantitative estimate of drug-likeness (QED) is 0.388. The summed E-state index contributed by atoms with van der Waals surface area (Å²) in [4.78, 5) is 32.1. The summed E-state index contributed by atoms with van der Waals surface area (Å²) in [5, 5.41) is 11.3. The van der Waals surface area contributed by atoms with Crippen LogP contribution in [-0.2, 0) is 11.0 Å². The number of amides is 2. The van der Waals surface area contributed by atoms with E-state index < -0.39 is 40.6 Å². The van der Waals surface area contributed by atoms with Crippen molar-refractivity contribution in [1.82, 2.24) is 10.3 Å². The van der Waals surface area contributed by atoms with Crippen LogP contribution in [0.3, 0.4) is 0 Å². The van der Waals surface area contributed by atoms with Crippen molar-refractivity contribution >= 4 is 40.5 Å². The van der Waals surface area contributed by atoms with Gasteiger partial charge in [0, 0.05) is 12.7 Å². The normalized spacial score (nSPS) is 17.9. The van der Waals surface area contributed by atoms with Crippen LogP contribution in [-0.4, -0.2) is 34.5 Å². The van der Waals surface area contributed by atoms with Crippen molar-refractivity contribution in [3.05, 3.63) is 53.1 Å². The molecule has 7 nitrogen and oxygen atoms in total. The molecular weight excluding hydrogens is 510 g/mol. The van der Waals surface area contributed by atoms with Crippen LogP contribution in [0.15, 0.2) is 30.5 Å². The van der Waals surface area contributed by atoms with Crippen molar-refractivity contribution in [3.63, 3.8) is 0 Å². The van der Waals surface area contributed by atoms with Gasteiger partial charge in [0.25, 0.3) is 11.8 Å². The average molecular weight is 536 g/mol. The maximum absolute atomic E-state index is 15.0. The van der Waals surface area contributed by atoms with Gasteiger partial charge in [0.2, 0.25) is 0 Å². The summed E-state index contributed by atoms with van der Waals surface area (Å²) >= 11 is 5.62. The van der Waals surface area contributed by atoms with Gasteiger partial charge in [-0.15, -0.1) is 0 Å². The number of nitriles is 1. The first-order valence-corrected chi connectivity index (χ1v) is 11.9. The number of halogens is 4. The molecule has 1 atom stereocenters. The molecule has 1 fully saturated rings. The number of hydrogen-bond acceptors (Lipinski definition) is 5. The number of alkyl halides is 3. The zero-order valence-electron chi connectivity index (χ0n) is 20.6. The lowest BCUT2D eigenvalue weighted by molar-refractivity contribution is -0.138. The zero-order valence-corrected chi connectivity index (χ0v) is 21.4. The van der Waals surface area contributed by atoms with Gasteiger partial charge in [0.15, 0.2) is 10.8 Å². The largest absolute Gasteiger partial charge is 0.419 e. The molecule has 0 spiro atoms. The van der Waals surface area contributed by atoms with Gasteiger partial charge in [0.05, 0.1) is 23.0 Å². The number of nitrogens with one attached hydrogen (secondary N) is 1. The van der Waals surface area contributed by atoms with E-state index in [-0.39, 0.29) is 40.8 Å². The highest BCUT2D eigenvalue weighted by Crippen LogP contribution is 2.44. The van der Waals surface area contributed by atoms with Crippen LogP contribution in [0.5, 0.6) is 0 Å². The van der Waals surface area contributed by atoms with Crippen LogP contribution >= 0.6 is 12.2 Å². The molecule has 3 rings (SSSR count). The summed E-state index contributed by atoms with van der Waals surface area (Å²) in [7, 11) is 1.36. The van der Waals surface area contributed by atoms with Gasteiger partial charge >= 0.3 is 6.18 Å². The lowest BCUT2D eigenvalue weighted by atomic mass is 9.83. The summed E-state index contributed by atoms with van der Waals surface area (Å²) in [5.41, 5.74) is -3.75. The summed E-state index contributed by atoms with van der Waals surface area (Å²) in [5.74, 6) is -2.11. The molecule has 0 saturated carbocycles. The van der Waals surface area contributed by atoms with E-state index in [4.69, 9.17) is 17.5 Å². The van der Waals surface area contributed by atoms with Crippen LogP contribution in [0, 0.1) is 23.1 Å². The first kappa shape index (κ1) is 28.0. The summed E-state index contributed by atoms with van der Waals surface area (Å²) in [6.07, 6.45) is -2.85. The van der Waals surface area contributed by atoms with Gasteiger partial charge in [-0.25, -0.2) is 9.37 Å². The Hall–Kier alpha value is -3.59. The fourth-order valence-corrected chi connectivity index (χ4v) is 5.16. The Morgan fingerprint density at radius 3 is 2.46 bits per heavy atom. The predicted molar refractivity (Wildman–Crippen MR) is 133 cm³/mol. The Morgan fingerprint density at radius 2 is 1.95 bits per heavy atom. The molecule has 0 bridgehead atoms. The predicted octanol–water partition coefficient (Wildman–Crippen LogP) is 5.19. The molecule has 2 aromatic rings. The fraction of sp³-hybridized carbons (Fsp3) is 0.400. The molecule has 2 heterocycles. The summed E-state index contributed by atoms with van der Waals surface area (Å²) in [6, 6.07) is 5.86. The molecule has 1 unspecified atom stereocenters. The lowest BCUT2D eigenvalue weighted by Crippen LogP contribution is -2.51. The van der Waals surface area contributed by atoms with Crippen LogP contribution in [0.25, 0.3) is 0 Å². The van der Waals surface area contributed by atoms with E-state index in [2.05, 4.69) is 10.3 Å². The zero-order chi connectivity index (χ0) is 27.7. The number of aromatic nitrogens is 1. The lowest BCUT2D eigenvalue weighted by Gasteiger charge is -2.37. The molecule has 2 amide bonds. The number of benzene rings is 1. The molecule has 1 N–H and O–H groups in total. The van der Waals surface area contributed by atoms with Crippen molar-refractivity contribution in [2.45, 2.75) is 51.7 Å². The molecule has 37 heavy (non-hydrogen) atoms. The van der Waals surface area contributed by atoms with E-state index in [9.17, 15) is 27.2 Å². The highest BCUT2D eigenvalue weighted by molar-refractivity contribution is 7.81. The van der Waals surface area contributed by atoms with Crippen molar-refractivity contribution in [2.75, 3.05) is 16.8 Å². The Kier molecular flexibility index (Phi) is 7.88. The number of nitrogens with zero attached hydrogens (tertiary/aromatic N) is 4. The maximum Gasteiger partial charge on any atom is 0.419 e. The third-order valence-electron chi connectivity index (χ3n) is 6.05. The Morgan fingerprint density at radius 1 is 1.27 bits per heavy atom. The van der Waals surface area contributed by atoms with Gasteiger partial charge in [-0.05, 0) is 55.2 Å². The second-order valence-electron chi connectivity index (χ2n) is 9.08. The first-order valence-electron chi connectivity index (χ1n) is 11.5. The average Bonchev–Trinajstić information content (AvgIpc) is 3.03. The number of thiocarbonyl (C=S) groups is 1. The SMILES string of the molecule is CCCC1(CC(C)C)C(=O)N(c2cnc(C#N)c(C(F)(F)F)c2)C(=S)N1c1ccc(C(=O)NC)c(F)c1. The number of carbonyl (C=O) groups is 2. The van der Waals surface area contributed by atoms with Crippen molar-refractivity contribution < 1.29 is 27.2 Å². The third kappa shape index (κ3) is 5.00. The summed E-state index contributed by atoms with van der Waals surface area (Å²) < 4.78 is 55.9. The Bertz CT molecular complexity index is 1290. The minimum atomic E-state index is -4.89. The van der Waals surface area contributed by atoms with Crippen LogP contribution in [0.4, 0.5) is 28.9 Å². The first-order chi connectivity index (χ1) is 17.3. The molecule has 1 aromatic carbocycles. The molecule has 0 aliphatic carbocycles. The maximum atomic E-state index is 15.0. The molecule has 1 saturated heterocycles. The molecule has 12 heteroatoms. The molecular formula is C25H25F4N5O2S. The van der Waals surface area contributed by atoms with Gasteiger partial charge < -0.3 is 10.2 Å². The van der Waals surface area contributed by atoms with Gasteiger partial charge in [-0.1, -0.05) is 27.2 Å². The number of anilines is 2. The number of hydrogen-bond donors (Lipinski definition) is 1. The fourth-order valence-electron chi connectivity index (χ4n) is 4.69. The van der Waals surface area contributed by atoms with E-state index in [0.29, 0.717) is 12.5 Å². The number of pyridine rings is 1. The number of rotatable bonds is 7. The minimum absolute atomic E-state index is 0.0411. The van der Waals surface area contributed by atoms with E-state index in [0.717, 1.165) is 17.2 Å². The Balaban J connectivity index is 2.25. The van der Waals surface area contributed by atoms with E-state index in [1.165, 1.54) is 30.1 Å².